The number of hydrogen-bond acceptors (Lipinski definition) is 4. The summed E-state index contributed by atoms with van der Waals surface area (Å²) in [5.74, 6) is 2.11. The number of rotatable bonds is 4. The molecule has 1 aromatic rings. The molecular weight excluding hydrogens is 282 g/mol. The minimum atomic E-state index is -0.0785. The van der Waals surface area contributed by atoms with Crippen molar-refractivity contribution in [1.29, 1.82) is 0 Å². The van der Waals surface area contributed by atoms with Gasteiger partial charge in [-0.25, -0.2) is 5.43 Å². The molecule has 19 heavy (non-hydrogen) atoms. The highest BCUT2D eigenvalue weighted by Gasteiger charge is 2.13. The summed E-state index contributed by atoms with van der Waals surface area (Å²) in [4.78, 5) is 13.8. The van der Waals surface area contributed by atoms with Crippen LogP contribution in [0.4, 0.5) is 0 Å². The Labute approximate surface area is 122 Å². The number of carbonyl (C=O) groups excluding carboxylic acids is 1. The van der Waals surface area contributed by atoms with E-state index in [1.165, 1.54) is 0 Å². The average Bonchev–Trinajstić information content (AvgIpc) is 2.40. The van der Waals surface area contributed by atoms with Crippen LogP contribution in [0.1, 0.15) is 5.56 Å². The van der Waals surface area contributed by atoms with Gasteiger partial charge in [-0.2, -0.15) is 16.9 Å². The third-order valence-electron chi connectivity index (χ3n) is 2.72. The molecule has 0 bridgehead atoms. The molecule has 1 aliphatic rings. The molecule has 0 saturated carbocycles. The van der Waals surface area contributed by atoms with Gasteiger partial charge in [-0.1, -0.05) is 23.7 Å². The summed E-state index contributed by atoms with van der Waals surface area (Å²) in [5.41, 5.74) is 3.40. The van der Waals surface area contributed by atoms with Gasteiger partial charge < -0.3 is 0 Å². The van der Waals surface area contributed by atoms with Crippen LogP contribution in [0.5, 0.6) is 0 Å². The van der Waals surface area contributed by atoms with E-state index >= 15 is 0 Å². The minimum Gasteiger partial charge on any atom is -0.293 e. The number of halogens is 1. The number of nitrogens with zero attached hydrogens (tertiary/aromatic N) is 2. The highest BCUT2D eigenvalue weighted by atomic mass is 35.5. The summed E-state index contributed by atoms with van der Waals surface area (Å²) in [6.07, 6.45) is 1.59. The predicted molar refractivity (Wildman–Crippen MR) is 81.0 cm³/mol. The SMILES string of the molecule is O=C(CN1CCSCC1)NN=Cc1cccc(Cl)c1. The summed E-state index contributed by atoms with van der Waals surface area (Å²) in [7, 11) is 0. The number of hydrazone groups is 1. The molecular formula is C13H16ClN3OS. The summed E-state index contributed by atoms with van der Waals surface area (Å²) in [6.45, 7) is 2.35. The number of amides is 1. The zero-order chi connectivity index (χ0) is 13.5. The van der Waals surface area contributed by atoms with Crippen LogP contribution in [-0.2, 0) is 4.79 Å². The number of hydrogen-bond donors (Lipinski definition) is 1. The van der Waals surface area contributed by atoms with Crippen molar-refractivity contribution < 1.29 is 4.79 Å². The van der Waals surface area contributed by atoms with E-state index in [0.29, 0.717) is 11.6 Å². The first-order chi connectivity index (χ1) is 9.24. The molecule has 0 aliphatic carbocycles. The van der Waals surface area contributed by atoms with Gasteiger partial charge in [0.2, 0.25) is 0 Å². The van der Waals surface area contributed by atoms with Crippen molar-refractivity contribution in [2.24, 2.45) is 5.10 Å². The van der Waals surface area contributed by atoms with Crippen molar-refractivity contribution in [3.05, 3.63) is 34.9 Å². The van der Waals surface area contributed by atoms with Crippen molar-refractivity contribution in [3.63, 3.8) is 0 Å². The van der Waals surface area contributed by atoms with Crippen molar-refractivity contribution >= 4 is 35.5 Å². The smallest absolute Gasteiger partial charge is 0.254 e. The van der Waals surface area contributed by atoms with E-state index in [1.54, 1.807) is 18.3 Å². The van der Waals surface area contributed by atoms with E-state index in [2.05, 4.69) is 15.4 Å². The molecule has 4 nitrogen and oxygen atoms in total. The van der Waals surface area contributed by atoms with Crippen LogP contribution in [0.25, 0.3) is 0 Å². The Balaban J connectivity index is 1.76. The van der Waals surface area contributed by atoms with Gasteiger partial charge in [0.25, 0.3) is 5.91 Å². The second kappa shape index (κ2) is 7.53. The zero-order valence-corrected chi connectivity index (χ0v) is 12.1. The van der Waals surface area contributed by atoms with Crippen LogP contribution >= 0.6 is 23.4 Å². The van der Waals surface area contributed by atoms with E-state index in [-0.39, 0.29) is 5.91 Å². The van der Waals surface area contributed by atoms with Crippen LogP contribution in [0.3, 0.4) is 0 Å². The first-order valence-corrected chi connectivity index (χ1v) is 7.65. The van der Waals surface area contributed by atoms with E-state index in [4.69, 9.17) is 11.6 Å². The van der Waals surface area contributed by atoms with Gasteiger partial charge in [0.05, 0.1) is 12.8 Å². The third-order valence-corrected chi connectivity index (χ3v) is 3.90. The lowest BCUT2D eigenvalue weighted by Gasteiger charge is -2.24. The first kappa shape index (κ1) is 14.4. The maximum Gasteiger partial charge on any atom is 0.254 e. The Morgan fingerprint density at radius 1 is 1.47 bits per heavy atom. The molecule has 0 aromatic heterocycles. The molecule has 1 saturated heterocycles. The largest absolute Gasteiger partial charge is 0.293 e. The highest BCUT2D eigenvalue weighted by Crippen LogP contribution is 2.09. The van der Waals surface area contributed by atoms with E-state index < -0.39 is 0 Å². The Morgan fingerprint density at radius 3 is 3.00 bits per heavy atom. The molecule has 6 heteroatoms. The second-order valence-electron chi connectivity index (χ2n) is 4.24. The Kier molecular flexibility index (Phi) is 5.69. The van der Waals surface area contributed by atoms with Crippen LogP contribution in [0.15, 0.2) is 29.4 Å². The monoisotopic (exact) mass is 297 g/mol. The maximum atomic E-state index is 11.7. The standard InChI is InChI=1S/C13H16ClN3OS/c14-12-3-1-2-11(8-12)9-15-16-13(18)10-17-4-6-19-7-5-17/h1-3,8-9H,4-7,10H2,(H,16,18). The minimum absolute atomic E-state index is 0.0785. The fraction of sp³-hybridized carbons (Fsp3) is 0.385. The third kappa shape index (κ3) is 5.22. The maximum absolute atomic E-state index is 11.7. The molecule has 1 heterocycles. The zero-order valence-electron chi connectivity index (χ0n) is 10.5. The number of nitrogens with one attached hydrogen (secondary N) is 1. The Bertz CT molecular complexity index is 461. The van der Waals surface area contributed by atoms with Crippen molar-refractivity contribution in [2.45, 2.75) is 0 Å². The fourth-order valence-electron chi connectivity index (χ4n) is 1.76. The average molecular weight is 298 g/mol. The summed E-state index contributed by atoms with van der Waals surface area (Å²) >= 11 is 7.78. The van der Waals surface area contributed by atoms with Crippen molar-refractivity contribution in [1.82, 2.24) is 10.3 Å². The lowest BCUT2D eigenvalue weighted by molar-refractivity contribution is -0.122. The fourth-order valence-corrected chi connectivity index (χ4v) is 2.94. The normalized spacial score (nSPS) is 16.7. The van der Waals surface area contributed by atoms with Gasteiger partial charge in [0, 0.05) is 29.6 Å². The summed E-state index contributed by atoms with van der Waals surface area (Å²) in [5, 5.41) is 4.59. The van der Waals surface area contributed by atoms with E-state index in [1.807, 2.05) is 23.9 Å². The van der Waals surface area contributed by atoms with Gasteiger partial charge in [-0.3, -0.25) is 9.69 Å². The molecule has 0 spiro atoms. The van der Waals surface area contributed by atoms with Gasteiger partial charge in [0.1, 0.15) is 0 Å². The molecule has 0 atom stereocenters. The topological polar surface area (TPSA) is 44.7 Å². The van der Waals surface area contributed by atoms with Crippen LogP contribution in [0.2, 0.25) is 5.02 Å². The molecule has 2 rings (SSSR count). The van der Waals surface area contributed by atoms with E-state index in [0.717, 1.165) is 30.2 Å². The van der Waals surface area contributed by atoms with Crippen molar-refractivity contribution in [3.8, 4) is 0 Å². The summed E-state index contributed by atoms with van der Waals surface area (Å²) in [6, 6.07) is 7.31. The van der Waals surface area contributed by atoms with Gasteiger partial charge in [0.15, 0.2) is 0 Å². The van der Waals surface area contributed by atoms with E-state index in [9.17, 15) is 4.79 Å². The van der Waals surface area contributed by atoms with Crippen LogP contribution in [0, 0.1) is 0 Å². The molecule has 1 amide bonds. The number of carbonyl (C=O) groups is 1. The molecule has 1 fully saturated rings. The quantitative estimate of drug-likeness (QED) is 0.681. The second-order valence-corrected chi connectivity index (χ2v) is 5.90. The van der Waals surface area contributed by atoms with Crippen molar-refractivity contribution in [2.75, 3.05) is 31.1 Å². The lowest BCUT2D eigenvalue weighted by Crippen LogP contribution is -2.40. The molecule has 1 aromatic carbocycles. The molecule has 102 valence electrons. The predicted octanol–water partition coefficient (Wildman–Crippen LogP) is 1.84. The lowest BCUT2D eigenvalue weighted by atomic mass is 10.2. The van der Waals surface area contributed by atoms with Crippen LogP contribution in [-0.4, -0.2) is 48.2 Å². The molecule has 0 radical (unpaired) electrons. The Morgan fingerprint density at radius 2 is 2.26 bits per heavy atom. The van der Waals surface area contributed by atoms with Gasteiger partial charge in [-0.15, -0.1) is 0 Å². The molecule has 1 aliphatic heterocycles. The Hall–Kier alpha value is -1.04. The summed E-state index contributed by atoms with van der Waals surface area (Å²) < 4.78 is 0. The highest BCUT2D eigenvalue weighted by molar-refractivity contribution is 7.99. The van der Waals surface area contributed by atoms with Gasteiger partial charge in [-0.05, 0) is 17.7 Å². The number of benzene rings is 1. The molecule has 0 unspecified atom stereocenters. The van der Waals surface area contributed by atoms with Crippen LogP contribution < -0.4 is 5.43 Å². The molecule has 1 N–H and O–H groups in total. The van der Waals surface area contributed by atoms with Gasteiger partial charge >= 0.3 is 0 Å². The first-order valence-electron chi connectivity index (χ1n) is 6.11. The number of thioether (sulfide) groups is 1.